The minimum Gasteiger partial charge on any atom is -0.371 e. The van der Waals surface area contributed by atoms with Crippen LogP contribution in [0.4, 0.5) is 14.5 Å². The molecule has 1 unspecified atom stereocenters. The van der Waals surface area contributed by atoms with Crippen molar-refractivity contribution in [2.75, 3.05) is 24.5 Å². The van der Waals surface area contributed by atoms with Crippen LogP contribution in [0.1, 0.15) is 41.2 Å². The molecule has 0 radical (unpaired) electrons. The highest BCUT2D eigenvalue weighted by molar-refractivity contribution is 5.95. The van der Waals surface area contributed by atoms with Gasteiger partial charge in [0, 0.05) is 43.3 Å². The summed E-state index contributed by atoms with van der Waals surface area (Å²) in [5, 5.41) is 3.02. The number of H-pyrrole nitrogens is 1. The molecule has 132 valence electrons. The second-order valence-corrected chi connectivity index (χ2v) is 6.99. The van der Waals surface area contributed by atoms with Crippen LogP contribution in [0.3, 0.4) is 0 Å². The molecule has 4 nitrogen and oxygen atoms in total. The smallest absolute Gasteiger partial charge is 0.253 e. The van der Waals surface area contributed by atoms with Crippen molar-refractivity contribution in [1.29, 1.82) is 0 Å². The van der Waals surface area contributed by atoms with Gasteiger partial charge in [-0.3, -0.25) is 4.79 Å². The molecule has 1 atom stereocenters. The molecule has 2 aliphatic rings. The highest BCUT2D eigenvalue weighted by Gasteiger charge is 2.29. The number of benzene rings is 1. The lowest BCUT2D eigenvalue weighted by Gasteiger charge is -2.19. The molecule has 6 heteroatoms. The van der Waals surface area contributed by atoms with E-state index in [4.69, 9.17) is 0 Å². The average molecular weight is 345 g/mol. The van der Waals surface area contributed by atoms with E-state index in [1.54, 1.807) is 6.07 Å². The molecule has 2 N–H and O–H groups in total. The van der Waals surface area contributed by atoms with Gasteiger partial charge in [0.05, 0.1) is 5.56 Å². The van der Waals surface area contributed by atoms with Gasteiger partial charge < -0.3 is 15.2 Å². The predicted octanol–water partition coefficient (Wildman–Crippen LogP) is 3.43. The van der Waals surface area contributed by atoms with Gasteiger partial charge in [-0.1, -0.05) is 0 Å². The molecule has 1 saturated carbocycles. The van der Waals surface area contributed by atoms with E-state index in [1.165, 1.54) is 6.07 Å². The fourth-order valence-electron chi connectivity index (χ4n) is 3.54. The zero-order valence-electron chi connectivity index (χ0n) is 13.9. The van der Waals surface area contributed by atoms with Crippen LogP contribution in [0.25, 0.3) is 0 Å². The number of carbonyl (C=O) groups is 1. The number of carbonyl (C=O) groups excluding carboxylic acids is 1. The van der Waals surface area contributed by atoms with E-state index in [0.29, 0.717) is 24.1 Å². The largest absolute Gasteiger partial charge is 0.371 e. The van der Waals surface area contributed by atoms with E-state index in [0.717, 1.165) is 49.7 Å². The van der Waals surface area contributed by atoms with Gasteiger partial charge in [0.1, 0.15) is 0 Å². The summed E-state index contributed by atoms with van der Waals surface area (Å²) in [6.45, 7) is 2.10. The Kier molecular flexibility index (Phi) is 4.19. The van der Waals surface area contributed by atoms with Gasteiger partial charge in [0.25, 0.3) is 5.91 Å². The van der Waals surface area contributed by atoms with E-state index in [1.807, 2.05) is 17.2 Å². The molecule has 1 aliphatic heterocycles. The van der Waals surface area contributed by atoms with Crippen molar-refractivity contribution < 1.29 is 13.6 Å². The van der Waals surface area contributed by atoms with Gasteiger partial charge in [-0.15, -0.1) is 0 Å². The molecule has 1 aromatic carbocycles. The zero-order chi connectivity index (χ0) is 17.4. The Morgan fingerprint density at radius 2 is 2.04 bits per heavy atom. The summed E-state index contributed by atoms with van der Waals surface area (Å²) < 4.78 is 26.4. The monoisotopic (exact) mass is 345 g/mol. The van der Waals surface area contributed by atoms with Crippen LogP contribution in [-0.4, -0.2) is 30.5 Å². The van der Waals surface area contributed by atoms with E-state index in [9.17, 15) is 13.6 Å². The molecule has 4 rings (SSSR count). The Morgan fingerprint density at radius 1 is 1.20 bits per heavy atom. The molecule has 0 bridgehead atoms. The SMILES string of the molecule is O=C(NCC1CCN(c2ccc(F)c(F)c2)C1)c1cc[nH]c1C1CC1. The van der Waals surface area contributed by atoms with Gasteiger partial charge in [-0.25, -0.2) is 8.78 Å². The third kappa shape index (κ3) is 3.38. The number of nitrogens with zero attached hydrogens (tertiary/aromatic N) is 1. The van der Waals surface area contributed by atoms with Gasteiger partial charge in [0.2, 0.25) is 0 Å². The average Bonchev–Trinajstić information content (AvgIpc) is 3.14. The first kappa shape index (κ1) is 16.1. The summed E-state index contributed by atoms with van der Waals surface area (Å²) in [6.07, 6.45) is 5.03. The summed E-state index contributed by atoms with van der Waals surface area (Å²) in [5.74, 6) is -0.875. The van der Waals surface area contributed by atoms with Crippen molar-refractivity contribution in [2.24, 2.45) is 5.92 Å². The van der Waals surface area contributed by atoms with Crippen molar-refractivity contribution >= 4 is 11.6 Å². The molecule has 2 heterocycles. The lowest BCUT2D eigenvalue weighted by Crippen LogP contribution is -2.31. The summed E-state index contributed by atoms with van der Waals surface area (Å²) in [7, 11) is 0. The van der Waals surface area contributed by atoms with Crippen LogP contribution in [0.15, 0.2) is 30.5 Å². The van der Waals surface area contributed by atoms with Crippen LogP contribution in [0, 0.1) is 17.6 Å². The molecule has 1 amide bonds. The third-order valence-electron chi connectivity index (χ3n) is 5.11. The number of aromatic amines is 1. The van der Waals surface area contributed by atoms with Crippen LogP contribution in [0.2, 0.25) is 0 Å². The van der Waals surface area contributed by atoms with Crippen LogP contribution >= 0.6 is 0 Å². The Labute approximate surface area is 145 Å². The van der Waals surface area contributed by atoms with Gasteiger partial charge in [-0.05, 0) is 49.3 Å². The third-order valence-corrected chi connectivity index (χ3v) is 5.11. The highest BCUT2D eigenvalue weighted by Crippen LogP contribution is 2.40. The minimum absolute atomic E-state index is 0.0329. The van der Waals surface area contributed by atoms with Crippen LogP contribution < -0.4 is 10.2 Å². The van der Waals surface area contributed by atoms with Gasteiger partial charge in [-0.2, -0.15) is 0 Å². The number of nitrogens with one attached hydrogen (secondary N) is 2. The molecule has 1 aromatic heterocycles. The topological polar surface area (TPSA) is 48.1 Å². The quantitative estimate of drug-likeness (QED) is 0.872. The molecule has 2 aromatic rings. The Bertz CT molecular complexity index is 785. The molecule has 1 saturated heterocycles. The van der Waals surface area contributed by atoms with Gasteiger partial charge >= 0.3 is 0 Å². The number of aromatic nitrogens is 1. The van der Waals surface area contributed by atoms with Crippen molar-refractivity contribution in [3.8, 4) is 0 Å². The Morgan fingerprint density at radius 3 is 2.80 bits per heavy atom. The number of anilines is 1. The summed E-state index contributed by atoms with van der Waals surface area (Å²) in [4.78, 5) is 17.6. The number of rotatable bonds is 5. The maximum atomic E-state index is 13.4. The number of hydrogen-bond donors (Lipinski definition) is 2. The summed E-state index contributed by atoms with van der Waals surface area (Å²) in [6, 6.07) is 5.83. The second kappa shape index (κ2) is 6.50. The highest BCUT2D eigenvalue weighted by atomic mass is 19.2. The maximum Gasteiger partial charge on any atom is 0.253 e. The first-order valence-electron chi connectivity index (χ1n) is 8.77. The van der Waals surface area contributed by atoms with E-state index in [2.05, 4.69) is 10.3 Å². The minimum atomic E-state index is -0.829. The molecule has 1 aliphatic carbocycles. The first-order chi connectivity index (χ1) is 12.1. The lowest BCUT2D eigenvalue weighted by atomic mass is 10.1. The molecule has 0 spiro atoms. The van der Waals surface area contributed by atoms with Crippen LogP contribution in [-0.2, 0) is 0 Å². The molecule has 2 fully saturated rings. The Hall–Kier alpha value is -2.37. The standard InChI is InChI=1S/C19H21F2N3O/c20-16-4-3-14(9-17(16)21)24-8-6-12(11-24)10-23-19(25)15-5-7-22-18(15)13-1-2-13/h3-5,7,9,12-13,22H,1-2,6,8,10-11H2,(H,23,25). The Balaban J connectivity index is 1.32. The van der Waals surface area contributed by atoms with E-state index >= 15 is 0 Å². The second-order valence-electron chi connectivity index (χ2n) is 6.99. The van der Waals surface area contributed by atoms with Crippen molar-refractivity contribution in [2.45, 2.75) is 25.2 Å². The van der Waals surface area contributed by atoms with Crippen molar-refractivity contribution in [3.63, 3.8) is 0 Å². The normalized spacial score (nSPS) is 20.1. The zero-order valence-corrected chi connectivity index (χ0v) is 13.9. The number of amides is 1. The first-order valence-corrected chi connectivity index (χ1v) is 8.77. The maximum absolute atomic E-state index is 13.4. The summed E-state index contributed by atoms with van der Waals surface area (Å²) in [5.41, 5.74) is 2.49. The van der Waals surface area contributed by atoms with Crippen molar-refractivity contribution in [1.82, 2.24) is 10.3 Å². The van der Waals surface area contributed by atoms with Crippen LogP contribution in [0.5, 0.6) is 0 Å². The van der Waals surface area contributed by atoms with Gasteiger partial charge in [0.15, 0.2) is 11.6 Å². The fraction of sp³-hybridized carbons (Fsp3) is 0.421. The lowest BCUT2D eigenvalue weighted by molar-refractivity contribution is 0.0947. The number of halogens is 2. The summed E-state index contributed by atoms with van der Waals surface area (Å²) >= 11 is 0. The predicted molar refractivity (Wildman–Crippen MR) is 91.8 cm³/mol. The molecule has 25 heavy (non-hydrogen) atoms. The van der Waals surface area contributed by atoms with Crippen molar-refractivity contribution in [3.05, 3.63) is 53.4 Å². The van der Waals surface area contributed by atoms with E-state index < -0.39 is 11.6 Å². The molecular formula is C19H21F2N3O. The number of hydrogen-bond acceptors (Lipinski definition) is 2. The van der Waals surface area contributed by atoms with E-state index in [-0.39, 0.29) is 5.91 Å². The fourth-order valence-corrected chi connectivity index (χ4v) is 3.54. The molecular weight excluding hydrogens is 324 g/mol.